The maximum absolute atomic E-state index is 12.4. The largest absolute Gasteiger partial charge is 0.390 e. The number of aliphatic hydroxyl groups excluding tert-OH is 1. The molecule has 1 N–H and O–H groups in total. The lowest BCUT2D eigenvalue weighted by Gasteiger charge is -2.38. The Hall–Kier alpha value is -0.700. The van der Waals surface area contributed by atoms with Crippen LogP contribution in [0.1, 0.15) is 25.7 Å². The summed E-state index contributed by atoms with van der Waals surface area (Å²) in [7, 11) is -3.11. The minimum atomic E-state index is -3.11. The molecule has 0 radical (unpaired) electrons. The molecule has 3 rings (SSSR count). The number of nitrogens with zero attached hydrogens (tertiary/aromatic N) is 3. The van der Waals surface area contributed by atoms with Gasteiger partial charge in [0.15, 0.2) is 9.84 Å². The predicted molar refractivity (Wildman–Crippen MR) is 91.5 cm³/mol. The average molecular weight is 359 g/mol. The van der Waals surface area contributed by atoms with Crippen LogP contribution in [-0.4, -0.2) is 104 Å². The number of amides is 1. The Morgan fingerprint density at radius 2 is 1.54 bits per heavy atom. The fraction of sp³-hybridized carbons (Fsp3) is 0.938. The van der Waals surface area contributed by atoms with E-state index < -0.39 is 15.9 Å². The number of hydrogen-bond acceptors (Lipinski definition) is 6. The standard InChI is InChI=1S/C16H29N3O4S/c20-15-13-24(22,23)12-14(15)18-9-7-17(8-10-18)11-16(21)19-5-3-1-2-4-6-19/h14-15,20H,1-13H2/t14-,15-/m1/s1. The summed E-state index contributed by atoms with van der Waals surface area (Å²) in [5, 5.41) is 9.99. The molecule has 0 aromatic carbocycles. The molecular formula is C16H29N3O4S. The molecule has 2 atom stereocenters. The fourth-order valence-corrected chi connectivity index (χ4v) is 5.86. The minimum Gasteiger partial charge on any atom is -0.390 e. The lowest BCUT2D eigenvalue weighted by atomic mass is 10.1. The van der Waals surface area contributed by atoms with Gasteiger partial charge in [-0.15, -0.1) is 0 Å². The molecule has 3 aliphatic rings. The molecule has 0 bridgehead atoms. The maximum Gasteiger partial charge on any atom is 0.236 e. The monoisotopic (exact) mass is 359 g/mol. The minimum absolute atomic E-state index is 0.0564. The molecule has 0 spiro atoms. The Kier molecular flexibility index (Phi) is 5.79. The lowest BCUT2D eigenvalue weighted by Crippen LogP contribution is -2.55. The number of piperazine rings is 1. The zero-order chi connectivity index (χ0) is 17.2. The van der Waals surface area contributed by atoms with Crippen LogP contribution in [0.3, 0.4) is 0 Å². The number of rotatable bonds is 3. The summed E-state index contributed by atoms with van der Waals surface area (Å²) in [5.41, 5.74) is 0. The number of sulfone groups is 1. The van der Waals surface area contributed by atoms with Crippen LogP contribution in [0, 0.1) is 0 Å². The van der Waals surface area contributed by atoms with Crippen LogP contribution in [0.2, 0.25) is 0 Å². The average Bonchev–Trinajstić information content (AvgIpc) is 2.73. The summed E-state index contributed by atoms with van der Waals surface area (Å²) in [6.07, 6.45) is 3.87. The van der Waals surface area contributed by atoms with Crippen LogP contribution in [0.5, 0.6) is 0 Å². The Bertz CT molecular complexity index is 538. The quantitative estimate of drug-likeness (QED) is 0.708. The highest BCUT2D eigenvalue weighted by Gasteiger charge is 2.40. The van der Waals surface area contributed by atoms with Crippen molar-refractivity contribution in [3.8, 4) is 0 Å². The number of carbonyl (C=O) groups is 1. The Morgan fingerprint density at radius 1 is 0.917 bits per heavy atom. The Balaban J connectivity index is 1.46. The van der Waals surface area contributed by atoms with Gasteiger partial charge in [-0.1, -0.05) is 12.8 Å². The molecule has 0 aromatic heterocycles. The van der Waals surface area contributed by atoms with Crippen molar-refractivity contribution in [1.82, 2.24) is 14.7 Å². The number of likely N-dealkylation sites (tertiary alicyclic amines) is 1. The fourth-order valence-electron chi connectivity index (χ4n) is 4.02. The zero-order valence-corrected chi connectivity index (χ0v) is 15.1. The van der Waals surface area contributed by atoms with E-state index in [1.807, 2.05) is 4.90 Å². The molecule has 0 aromatic rings. The van der Waals surface area contributed by atoms with E-state index in [4.69, 9.17) is 0 Å². The maximum atomic E-state index is 12.4. The van der Waals surface area contributed by atoms with Crippen LogP contribution in [0.25, 0.3) is 0 Å². The van der Waals surface area contributed by atoms with E-state index in [2.05, 4.69) is 9.80 Å². The van der Waals surface area contributed by atoms with Gasteiger partial charge >= 0.3 is 0 Å². The summed E-state index contributed by atoms with van der Waals surface area (Å²) in [5.74, 6) is 0.153. The molecule has 3 heterocycles. The molecule has 3 aliphatic heterocycles. The van der Waals surface area contributed by atoms with Crippen molar-refractivity contribution in [3.63, 3.8) is 0 Å². The second-order valence-electron chi connectivity index (χ2n) is 7.32. The smallest absolute Gasteiger partial charge is 0.236 e. The third-order valence-electron chi connectivity index (χ3n) is 5.49. The molecule has 1 amide bonds. The molecule has 3 saturated heterocycles. The van der Waals surface area contributed by atoms with Crippen LogP contribution < -0.4 is 0 Å². The van der Waals surface area contributed by atoms with Gasteiger partial charge in [0, 0.05) is 39.3 Å². The van der Waals surface area contributed by atoms with E-state index in [1.54, 1.807) is 0 Å². The van der Waals surface area contributed by atoms with Gasteiger partial charge in [-0.05, 0) is 12.8 Å². The summed E-state index contributed by atoms with van der Waals surface area (Å²) >= 11 is 0. The molecule has 8 heteroatoms. The van der Waals surface area contributed by atoms with Crippen molar-refractivity contribution in [2.45, 2.75) is 37.8 Å². The van der Waals surface area contributed by atoms with Gasteiger partial charge in [0.25, 0.3) is 0 Å². The van der Waals surface area contributed by atoms with Gasteiger partial charge in [0.05, 0.1) is 30.2 Å². The van der Waals surface area contributed by atoms with Crippen molar-refractivity contribution in [2.75, 3.05) is 57.3 Å². The van der Waals surface area contributed by atoms with E-state index >= 15 is 0 Å². The van der Waals surface area contributed by atoms with E-state index in [9.17, 15) is 18.3 Å². The molecule has 0 unspecified atom stereocenters. The summed E-state index contributed by atoms with van der Waals surface area (Å²) in [6, 6.07) is -0.279. The van der Waals surface area contributed by atoms with Gasteiger partial charge in [0.1, 0.15) is 0 Å². The van der Waals surface area contributed by atoms with Gasteiger partial charge in [-0.2, -0.15) is 0 Å². The van der Waals surface area contributed by atoms with Crippen LogP contribution in [-0.2, 0) is 14.6 Å². The topological polar surface area (TPSA) is 81.2 Å². The molecule has 0 aliphatic carbocycles. The van der Waals surface area contributed by atoms with Crippen molar-refractivity contribution in [3.05, 3.63) is 0 Å². The van der Waals surface area contributed by atoms with E-state index in [-0.39, 0.29) is 23.5 Å². The van der Waals surface area contributed by atoms with E-state index in [1.165, 1.54) is 12.8 Å². The van der Waals surface area contributed by atoms with E-state index in [0.717, 1.165) is 39.0 Å². The van der Waals surface area contributed by atoms with Crippen molar-refractivity contribution >= 4 is 15.7 Å². The molecule has 0 saturated carbocycles. The van der Waals surface area contributed by atoms with Crippen LogP contribution >= 0.6 is 0 Å². The first-order valence-electron chi connectivity index (χ1n) is 9.07. The zero-order valence-electron chi connectivity index (χ0n) is 14.3. The second-order valence-corrected chi connectivity index (χ2v) is 9.47. The SMILES string of the molecule is O=C(CN1CCN([C@@H]2CS(=O)(=O)C[C@H]2O)CC1)N1CCCCCC1. The lowest BCUT2D eigenvalue weighted by molar-refractivity contribution is -0.133. The van der Waals surface area contributed by atoms with E-state index in [0.29, 0.717) is 19.6 Å². The number of hydrogen-bond donors (Lipinski definition) is 1. The molecule has 3 fully saturated rings. The molecule has 7 nitrogen and oxygen atoms in total. The van der Waals surface area contributed by atoms with Gasteiger partial charge < -0.3 is 10.0 Å². The Labute approximate surface area is 144 Å². The molecule has 138 valence electrons. The molecular weight excluding hydrogens is 330 g/mol. The first kappa shape index (κ1) is 18.1. The second kappa shape index (κ2) is 7.68. The van der Waals surface area contributed by atoms with Crippen molar-refractivity contribution < 1.29 is 18.3 Å². The normalized spacial score (nSPS) is 32.6. The molecule has 24 heavy (non-hydrogen) atoms. The third-order valence-corrected chi connectivity index (χ3v) is 7.19. The highest BCUT2D eigenvalue weighted by molar-refractivity contribution is 7.91. The van der Waals surface area contributed by atoms with Gasteiger partial charge in [-0.3, -0.25) is 14.6 Å². The third kappa shape index (κ3) is 4.47. The Morgan fingerprint density at radius 3 is 2.08 bits per heavy atom. The van der Waals surface area contributed by atoms with Gasteiger partial charge in [-0.25, -0.2) is 8.42 Å². The predicted octanol–water partition coefficient (Wildman–Crippen LogP) is -0.835. The highest BCUT2D eigenvalue weighted by Crippen LogP contribution is 2.20. The first-order valence-corrected chi connectivity index (χ1v) is 10.9. The number of carbonyl (C=O) groups excluding carboxylic acids is 1. The van der Waals surface area contributed by atoms with Crippen LogP contribution in [0.15, 0.2) is 0 Å². The van der Waals surface area contributed by atoms with Crippen molar-refractivity contribution in [2.24, 2.45) is 0 Å². The number of aliphatic hydroxyl groups is 1. The summed E-state index contributed by atoms with van der Waals surface area (Å²) in [6.45, 7) is 5.15. The summed E-state index contributed by atoms with van der Waals surface area (Å²) in [4.78, 5) is 18.7. The summed E-state index contributed by atoms with van der Waals surface area (Å²) < 4.78 is 23.3. The first-order chi connectivity index (χ1) is 11.4. The van der Waals surface area contributed by atoms with Crippen LogP contribution in [0.4, 0.5) is 0 Å². The van der Waals surface area contributed by atoms with Crippen molar-refractivity contribution in [1.29, 1.82) is 0 Å². The highest BCUT2D eigenvalue weighted by atomic mass is 32.2. The van der Waals surface area contributed by atoms with Gasteiger partial charge in [0.2, 0.25) is 5.91 Å².